The standard InChI is InChI=1S/C23H30N4O3S/c1-23(19-13-14-31-21(19)27(25-23)17-7-5-4-6-8-17)22(29)24-16-9-11-18(12-10-16)30-15-20(28)26(2)3/h9-14,17,25H,4-8,15H2,1-3H3,(H,24,29). The van der Waals surface area contributed by atoms with Crippen molar-refractivity contribution >= 4 is 33.8 Å². The molecule has 2 amide bonds. The van der Waals surface area contributed by atoms with Crippen molar-refractivity contribution in [1.29, 1.82) is 0 Å². The molecule has 2 heterocycles. The van der Waals surface area contributed by atoms with E-state index in [4.69, 9.17) is 4.74 Å². The predicted octanol–water partition coefficient (Wildman–Crippen LogP) is 3.73. The number of ether oxygens (including phenoxy) is 1. The van der Waals surface area contributed by atoms with Crippen LogP contribution in [0, 0.1) is 0 Å². The molecule has 1 aromatic heterocycles. The highest BCUT2D eigenvalue weighted by molar-refractivity contribution is 7.14. The Labute approximate surface area is 187 Å². The molecule has 2 N–H and O–H groups in total. The zero-order chi connectivity index (χ0) is 22.0. The largest absolute Gasteiger partial charge is 0.484 e. The molecule has 7 nitrogen and oxygen atoms in total. The van der Waals surface area contributed by atoms with Gasteiger partial charge in [0.2, 0.25) is 0 Å². The molecule has 166 valence electrons. The Balaban J connectivity index is 1.43. The average Bonchev–Trinajstić information content (AvgIpc) is 3.37. The predicted molar refractivity (Wildman–Crippen MR) is 123 cm³/mol. The second kappa shape index (κ2) is 8.88. The molecule has 1 atom stereocenters. The van der Waals surface area contributed by atoms with E-state index in [-0.39, 0.29) is 18.4 Å². The van der Waals surface area contributed by atoms with E-state index >= 15 is 0 Å². The lowest BCUT2D eigenvalue weighted by molar-refractivity contribution is -0.130. The minimum atomic E-state index is -0.819. The molecular formula is C23H30N4O3S. The lowest BCUT2D eigenvalue weighted by atomic mass is 9.94. The van der Waals surface area contributed by atoms with Gasteiger partial charge < -0.3 is 15.0 Å². The van der Waals surface area contributed by atoms with Crippen LogP contribution in [0.15, 0.2) is 35.7 Å². The summed E-state index contributed by atoms with van der Waals surface area (Å²) in [4.78, 5) is 26.5. The van der Waals surface area contributed by atoms with E-state index < -0.39 is 5.54 Å². The molecule has 8 heteroatoms. The van der Waals surface area contributed by atoms with Crippen LogP contribution in [0.4, 0.5) is 10.7 Å². The smallest absolute Gasteiger partial charge is 0.259 e. The number of hydrogen-bond acceptors (Lipinski definition) is 6. The first-order chi connectivity index (χ1) is 14.9. The molecule has 0 spiro atoms. The third-order valence-electron chi connectivity index (χ3n) is 6.11. The van der Waals surface area contributed by atoms with Crippen molar-refractivity contribution in [3.05, 3.63) is 41.3 Å². The van der Waals surface area contributed by atoms with E-state index in [0.717, 1.165) is 23.4 Å². The second-order valence-electron chi connectivity index (χ2n) is 8.59. The summed E-state index contributed by atoms with van der Waals surface area (Å²) in [5.74, 6) is 0.385. The van der Waals surface area contributed by atoms with Crippen molar-refractivity contribution in [3.8, 4) is 5.75 Å². The zero-order valence-electron chi connectivity index (χ0n) is 18.3. The van der Waals surface area contributed by atoms with E-state index in [1.807, 2.05) is 13.0 Å². The number of fused-ring (bicyclic) bond motifs is 1. The van der Waals surface area contributed by atoms with Crippen molar-refractivity contribution in [2.24, 2.45) is 0 Å². The summed E-state index contributed by atoms with van der Waals surface area (Å²) in [6, 6.07) is 9.58. The Morgan fingerprint density at radius 2 is 1.90 bits per heavy atom. The lowest BCUT2D eigenvalue weighted by Crippen LogP contribution is -2.54. The Bertz CT molecular complexity index is 937. The van der Waals surface area contributed by atoms with Gasteiger partial charge >= 0.3 is 0 Å². The maximum Gasteiger partial charge on any atom is 0.259 e. The van der Waals surface area contributed by atoms with E-state index in [0.29, 0.717) is 17.5 Å². The van der Waals surface area contributed by atoms with Crippen molar-refractivity contribution in [3.63, 3.8) is 0 Å². The second-order valence-corrected chi connectivity index (χ2v) is 9.49. The van der Waals surface area contributed by atoms with E-state index in [1.54, 1.807) is 49.7 Å². The Morgan fingerprint density at radius 3 is 2.58 bits per heavy atom. The summed E-state index contributed by atoms with van der Waals surface area (Å²) in [6.07, 6.45) is 6.07. The summed E-state index contributed by atoms with van der Waals surface area (Å²) >= 11 is 1.69. The zero-order valence-corrected chi connectivity index (χ0v) is 19.1. The Morgan fingerprint density at radius 1 is 1.19 bits per heavy atom. The van der Waals surface area contributed by atoms with Crippen LogP contribution in [0.25, 0.3) is 0 Å². The Hall–Kier alpha value is -2.58. The van der Waals surface area contributed by atoms with Crippen molar-refractivity contribution in [2.75, 3.05) is 31.0 Å². The molecule has 4 rings (SSSR count). The first-order valence-electron chi connectivity index (χ1n) is 10.8. The van der Waals surface area contributed by atoms with Crippen LogP contribution in [0.3, 0.4) is 0 Å². The van der Waals surface area contributed by atoms with Gasteiger partial charge in [-0.25, -0.2) is 5.43 Å². The highest BCUT2D eigenvalue weighted by Crippen LogP contribution is 2.44. The van der Waals surface area contributed by atoms with Crippen LogP contribution in [-0.2, 0) is 15.1 Å². The highest BCUT2D eigenvalue weighted by atomic mass is 32.1. The minimum Gasteiger partial charge on any atom is -0.484 e. The molecule has 2 aromatic rings. The van der Waals surface area contributed by atoms with Gasteiger partial charge in [-0.05, 0) is 55.5 Å². The summed E-state index contributed by atoms with van der Waals surface area (Å²) in [5, 5.41) is 8.48. The van der Waals surface area contributed by atoms with Crippen molar-refractivity contribution in [2.45, 2.75) is 50.6 Å². The number of carbonyl (C=O) groups is 2. The lowest BCUT2D eigenvalue weighted by Gasteiger charge is -2.35. The number of rotatable bonds is 6. The summed E-state index contributed by atoms with van der Waals surface area (Å²) < 4.78 is 5.50. The van der Waals surface area contributed by atoms with Gasteiger partial charge in [0.05, 0.1) is 0 Å². The number of nitrogens with one attached hydrogen (secondary N) is 2. The number of anilines is 2. The molecule has 2 aliphatic rings. The number of thiophene rings is 1. The number of hydrogen-bond donors (Lipinski definition) is 2. The van der Waals surface area contributed by atoms with Gasteiger partial charge in [-0.1, -0.05) is 19.3 Å². The van der Waals surface area contributed by atoms with Gasteiger partial charge in [-0.2, -0.15) is 0 Å². The van der Waals surface area contributed by atoms with Crippen molar-refractivity contribution < 1.29 is 14.3 Å². The fourth-order valence-corrected chi connectivity index (χ4v) is 5.19. The first-order valence-corrected chi connectivity index (χ1v) is 11.7. The monoisotopic (exact) mass is 442 g/mol. The van der Waals surface area contributed by atoms with E-state index in [2.05, 4.69) is 21.1 Å². The molecule has 0 saturated heterocycles. The molecule has 1 aromatic carbocycles. The van der Waals surface area contributed by atoms with Crippen LogP contribution < -0.4 is 20.5 Å². The molecule has 1 fully saturated rings. The number of likely N-dealkylation sites (N-methyl/N-ethyl adjacent to an activating group) is 1. The normalized spacial score (nSPS) is 20.9. The van der Waals surface area contributed by atoms with E-state index in [1.165, 1.54) is 24.2 Å². The fraction of sp³-hybridized carbons (Fsp3) is 0.478. The summed E-state index contributed by atoms with van der Waals surface area (Å²) in [7, 11) is 3.38. The highest BCUT2D eigenvalue weighted by Gasteiger charge is 2.47. The summed E-state index contributed by atoms with van der Waals surface area (Å²) in [5.41, 5.74) is 4.42. The molecule has 0 bridgehead atoms. The number of carbonyl (C=O) groups excluding carboxylic acids is 2. The van der Waals surface area contributed by atoms with Gasteiger partial charge in [0.1, 0.15) is 16.3 Å². The molecule has 0 radical (unpaired) electrons. The number of hydrazine groups is 1. The molecular weight excluding hydrogens is 412 g/mol. The minimum absolute atomic E-state index is 0.0152. The maximum atomic E-state index is 13.3. The van der Waals surface area contributed by atoms with Crippen LogP contribution in [0.5, 0.6) is 5.75 Å². The average molecular weight is 443 g/mol. The molecule has 1 saturated carbocycles. The third-order valence-corrected chi connectivity index (χ3v) is 7.03. The van der Waals surface area contributed by atoms with Gasteiger partial charge in [0.15, 0.2) is 6.61 Å². The summed E-state index contributed by atoms with van der Waals surface area (Å²) in [6.45, 7) is 1.93. The van der Waals surface area contributed by atoms with Crippen LogP contribution in [0.2, 0.25) is 0 Å². The van der Waals surface area contributed by atoms with Gasteiger partial charge in [-0.15, -0.1) is 11.3 Å². The van der Waals surface area contributed by atoms with Gasteiger partial charge in [0.25, 0.3) is 11.8 Å². The topological polar surface area (TPSA) is 73.9 Å². The molecule has 31 heavy (non-hydrogen) atoms. The Kier molecular flexibility index (Phi) is 6.20. The molecule has 1 aliphatic carbocycles. The molecule has 1 unspecified atom stereocenters. The number of amides is 2. The van der Waals surface area contributed by atoms with Crippen molar-refractivity contribution in [1.82, 2.24) is 10.3 Å². The maximum absolute atomic E-state index is 13.3. The molecule has 1 aliphatic heterocycles. The SMILES string of the molecule is CN(C)C(=O)COc1ccc(NC(=O)C2(C)NN(C3CCCCC3)c3sccc32)cc1. The fourth-order valence-electron chi connectivity index (χ4n) is 4.15. The van der Waals surface area contributed by atoms with Crippen LogP contribution >= 0.6 is 11.3 Å². The number of nitrogens with zero attached hydrogens (tertiary/aromatic N) is 2. The quantitative estimate of drug-likeness (QED) is 0.713. The van der Waals surface area contributed by atoms with Crippen LogP contribution in [0.1, 0.15) is 44.6 Å². The van der Waals surface area contributed by atoms with Crippen LogP contribution in [-0.4, -0.2) is 43.5 Å². The first kappa shape index (κ1) is 21.6. The number of benzene rings is 1. The van der Waals surface area contributed by atoms with Gasteiger partial charge in [-0.3, -0.25) is 14.6 Å². The third kappa shape index (κ3) is 4.41. The van der Waals surface area contributed by atoms with E-state index in [9.17, 15) is 9.59 Å². The van der Waals surface area contributed by atoms with Gasteiger partial charge in [0, 0.05) is 31.4 Å².